The second-order valence-electron chi connectivity index (χ2n) is 7.60. The molecular weight excluding hydrogens is 426 g/mol. The van der Waals surface area contributed by atoms with E-state index >= 15 is 0 Å². The van der Waals surface area contributed by atoms with Crippen LogP contribution in [0.25, 0.3) is 11.0 Å². The fraction of sp³-hybridized carbons (Fsp3) is 0.250. The van der Waals surface area contributed by atoms with Gasteiger partial charge in [0.05, 0.1) is 19.3 Å². The van der Waals surface area contributed by atoms with Gasteiger partial charge in [0, 0.05) is 18.0 Å². The first-order chi connectivity index (χ1) is 15.6. The van der Waals surface area contributed by atoms with Crippen LogP contribution in [-0.4, -0.2) is 31.8 Å². The Labute approximate surface area is 190 Å². The number of nitrogens with zero attached hydrogens (tertiary/aromatic N) is 4. The molecule has 4 rings (SSSR count). The van der Waals surface area contributed by atoms with Gasteiger partial charge in [-0.05, 0) is 36.1 Å². The van der Waals surface area contributed by atoms with E-state index in [0.717, 1.165) is 18.4 Å². The van der Waals surface area contributed by atoms with Crippen LogP contribution in [0.4, 0.5) is 0 Å². The summed E-state index contributed by atoms with van der Waals surface area (Å²) < 4.78 is 3.19. The van der Waals surface area contributed by atoms with E-state index in [1.807, 2.05) is 30.3 Å². The third-order valence-corrected chi connectivity index (χ3v) is 5.50. The lowest BCUT2D eigenvalue weighted by molar-refractivity contribution is -0.121. The van der Waals surface area contributed by atoms with Gasteiger partial charge in [-0.3, -0.25) is 14.2 Å². The van der Waals surface area contributed by atoms with Crippen LogP contribution in [0.15, 0.2) is 71.9 Å². The fourth-order valence-electron chi connectivity index (χ4n) is 3.55. The molecule has 1 N–H and O–H groups in total. The molecule has 0 aliphatic rings. The first-order valence-electron chi connectivity index (χ1n) is 10.6. The monoisotopic (exact) mass is 449 g/mol. The lowest BCUT2D eigenvalue weighted by atomic mass is 10.1. The summed E-state index contributed by atoms with van der Waals surface area (Å²) in [5.41, 5.74) is 2.55. The molecular formula is C24H24ClN5O2. The number of hydrogen-bond donors (Lipinski definition) is 1. The van der Waals surface area contributed by atoms with Crippen LogP contribution in [-0.2, 0) is 24.3 Å². The summed E-state index contributed by atoms with van der Waals surface area (Å²) in [7, 11) is 0. The van der Waals surface area contributed by atoms with E-state index in [-0.39, 0.29) is 11.5 Å². The molecule has 0 aliphatic carbocycles. The number of carbonyl (C=O) groups is 1. The Morgan fingerprint density at radius 3 is 2.59 bits per heavy atom. The summed E-state index contributed by atoms with van der Waals surface area (Å²) in [5.74, 6) is 0.00988. The Bertz CT molecular complexity index is 1250. The van der Waals surface area contributed by atoms with E-state index in [9.17, 15) is 9.59 Å². The highest BCUT2D eigenvalue weighted by molar-refractivity contribution is 6.30. The lowest BCUT2D eigenvalue weighted by Gasteiger charge is -2.08. The predicted octanol–water partition coefficient (Wildman–Crippen LogP) is 3.43. The van der Waals surface area contributed by atoms with Crippen LogP contribution in [0.5, 0.6) is 0 Å². The molecule has 2 aromatic heterocycles. The number of hydrogen-bond acceptors (Lipinski definition) is 4. The molecule has 0 fully saturated rings. The minimum absolute atomic E-state index is 0.00988. The SMILES string of the molecule is O=C(CCCc1ccccc1)NCCn1ncc2c(=O)n(Cc3ccc(Cl)cc3)cnc21. The van der Waals surface area contributed by atoms with Gasteiger partial charge in [0.25, 0.3) is 5.56 Å². The minimum atomic E-state index is -0.152. The van der Waals surface area contributed by atoms with Crippen molar-refractivity contribution in [2.24, 2.45) is 0 Å². The molecule has 0 bridgehead atoms. The smallest absolute Gasteiger partial charge is 0.264 e. The minimum Gasteiger partial charge on any atom is -0.354 e. The number of carbonyl (C=O) groups excluding carboxylic acids is 1. The molecule has 4 aromatic rings. The molecule has 2 aromatic carbocycles. The van der Waals surface area contributed by atoms with Crippen molar-refractivity contribution >= 4 is 28.5 Å². The van der Waals surface area contributed by atoms with Crippen LogP contribution in [0, 0.1) is 0 Å². The first kappa shape index (κ1) is 21.8. The standard InChI is InChI=1S/C24H24ClN5O2/c25-20-11-9-19(10-12-20)16-29-17-27-23-21(24(29)32)15-28-30(23)14-13-26-22(31)8-4-7-18-5-2-1-3-6-18/h1-3,5-6,9-12,15,17H,4,7-8,13-14,16H2,(H,26,31). The van der Waals surface area contributed by atoms with Crippen molar-refractivity contribution in [2.45, 2.75) is 32.4 Å². The van der Waals surface area contributed by atoms with Crippen LogP contribution in [0.1, 0.15) is 24.0 Å². The van der Waals surface area contributed by atoms with Gasteiger partial charge in [-0.2, -0.15) is 5.10 Å². The maximum absolute atomic E-state index is 12.8. The molecule has 0 spiro atoms. The van der Waals surface area contributed by atoms with Gasteiger partial charge in [0.1, 0.15) is 11.7 Å². The van der Waals surface area contributed by atoms with E-state index in [0.29, 0.717) is 42.1 Å². The highest BCUT2D eigenvalue weighted by Crippen LogP contribution is 2.11. The maximum atomic E-state index is 12.8. The summed E-state index contributed by atoms with van der Waals surface area (Å²) in [4.78, 5) is 29.3. The number of aromatic nitrogens is 4. The number of benzene rings is 2. The van der Waals surface area contributed by atoms with E-state index in [1.54, 1.807) is 21.4 Å². The molecule has 0 unspecified atom stereocenters. The second-order valence-corrected chi connectivity index (χ2v) is 8.03. The van der Waals surface area contributed by atoms with Gasteiger partial charge in [0.15, 0.2) is 5.65 Å². The van der Waals surface area contributed by atoms with E-state index < -0.39 is 0 Å². The molecule has 0 saturated heterocycles. The van der Waals surface area contributed by atoms with Crippen LogP contribution >= 0.6 is 11.6 Å². The van der Waals surface area contributed by atoms with E-state index in [2.05, 4.69) is 27.5 Å². The zero-order chi connectivity index (χ0) is 22.3. The van der Waals surface area contributed by atoms with Gasteiger partial charge in [-0.25, -0.2) is 9.67 Å². The molecule has 0 radical (unpaired) electrons. The molecule has 0 saturated carbocycles. The van der Waals surface area contributed by atoms with Gasteiger partial charge in [-0.1, -0.05) is 54.1 Å². The summed E-state index contributed by atoms with van der Waals surface area (Å²) >= 11 is 5.92. The Balaban J connectivity index is 1.31. The average Bonchev–Trinajstić information content (AvgIpc) is 3.22. The predicted molar refractivity (Wildman–Crippen MR) is 125 cm³/mol. The first-order valence-corrected chi connectivity index (χ1v) is 10.9. The van der Waals surface area contributed by atoms with E-state index in [4.69, 9.17) is 11.6 Å². The molecule has 164 valence electrons. The van der Waals surface area contributed by atoms with Crippen molar-refractivity contribution in [3.63, 3.8) is 0 Å². The van der Waals surface area contributed by atoms with Crippen LogP contribution in [0.3, 0.4) is 0 Å². The van der Waals surface area contributed by atoms with Crippen molar-refractivity contribution in [3.8, 4) is 0 Å². The fourth-order valence-corrected chi connectivity index (χ4v) is 3.67. The summed E-state index contributed by atoms with van der Waals surface area (Å²) in [6, 6.07) is 17.5. The van der Waals surface area contributed by atoms with Crippen molar-refractivity contribution in [3.05, 3.63) is 93.6 Å². The van der Waals surface area contributed by atoms with Crippen molar-refractivity contribution in [1.29, 1.82) is 0 Å². The van der Waals surface area contributed by atoms with Crippen molar-refractivity contribution < 1.29 is 4.79 Å². The van der Waals surface area contributed by atoms with Crippen LogP contribution in [0.2, 0.25) is 5.02 Å². The Morgan fingerprint density at radius 2 is 1.81 bits per heavy atom. The van der Waals surface area contributed by atoms with Gasteiger partial charge in [0.2, 0.25) is 5.91 Å². The number of rotatable bonds is 9. The number of nitrogens with one attached hydrogen (secondary N) is 1. The Kier molecular flexibility index (Phi) is 6.97. The zero-order valence-corrected chi connectivity index (χ0v) is 18.3. The maximum Gasteiger partial charge on any atom is 0.264 e. The van der Waals surface area contributed by atoms with Crippen molar-refractivity contribution in [1.82, 2.24) is 24.6 Å². The molecule has 0 aliphatic heterocycles. The summed E-state index contributed by atoms with van der Waals surface area (Å²) in [6.45, 7) is 1.28. The quantitative estimate of drug-likeness (QED) is 0.424. The Hall–Kier alpha value is -3.45. The molecule has 32 heavy (non-hydrogen) atoms. The third kappa shape index (κ3) is 5.42. The largest absolute Gasteiger partial charge is 0.354 e. The number of aryl methyl sites for hydroxylation is 1. The third-order valence-electron chi connectivity index (χ3n) is 5.25. The number of amides is 1. The highest BCUT2D eigenvalue weighted by Gasteiger charge is 2.11. The lowest BCUT2D eigenvalue weighted by Crippen LogP contribution is -2.27. The molecule has 0 atom stereocenters. The normalized spacial score (nSPS) is 11.0. The van der Waals surface area contributed by atoms with Crippen LogP contribution < -0.4 is 10.9 Å². The van der Waals surface area contributed by atoms with E-state index in [1.165, 1.54) is 18.1 Å². The van der Waals surface area contributed by atoms with Crippen molar-refractivity contribution in [2.75, 3.05) is 6.54 Å². The van der Waals surface area contributed by atoms with Gasteiger partial charge >= 0.3 is 0 Å². The number of halogens is 1. The molecule has 7 nitrogen and oxygen atoms in total. The molecule has 1 amide bonds. The molecule has 2 heterocycles. The molecule has 8 heteroatoms. The summed E-state index contributed by atoms with van der Waals surface area (Å²) in [5, 5.41) is 8.31. The summed E-state index contributed by atoms with van der Waals surface area (Å²) in [6.07, 6.45) is 5.21. The highest BCUT2D eigenvalue weighted by atomic mass is 35.5. The zero-order valence-electron chi connectivity index (χ0n) is 17.6. The second kappa shape index (κ2) is 10.2. The topological polar surface area (TPSA) is 81.8 Å². The number of fused-ring (bicyclic) bond motifs is 1. The average molecular weight is 450 g/mol. The van der Waals surface area contributed by atoms with Gasteiger partial charge < -0.3 is 5.32 Å². The van der Waals surface area contributed by atoms with Gasteiger partial charge in [-0.15, -0.1) is 0 Å². The Morgan fingerprint density at radius 1 is 1.03 bits per heavy atom.